The second-order valence-corrected chi connectivity index (χ2v) is 5.12. The van der Waals surface area contributed by atoms with Crippen LogP contribution in [0, 0.1) is 11.8 Å². The predicted octanol–water partition coefficient (Wildman–Crippen LogP) is 3.00. The standard InChI is InChI=1S/C13H26N2/c1-4-11-5-7-12(8-6-11)13(15-14)9-10(2)3/h11-13,15H,2,4-9,14H2,1,3H3. The molecule has 0 spiro atoms. The van der Waals surface area contributed by atoms with E-state index in [4.69, 9.17) is 5.84 Å². The van der Waals surface area contributed by atoms with Crippen molar-refractivity contribution in [2.45, 2.75) is 58.4 Å². The Morgan fingerprint density at radius 1 is 1.40 bits per heavy atom. The summed E-state index contributed by atoms with van der Waals surface area (Å²) >= 11 is 0. The van der Waals surface area contributed by atoms with Crippen LogP contribution in [0.3, 0.4) is 0 Å². The van der Waals surface area contributed by atoms with Gasteiger partial charge in [0.15, 0.2) is 0 Å². The summed E-state index contributed by atoms with van der Waals surface area (Å²) in [5, 5.41) is 0. The highest BCUT2D eigenvalue weighted by Gasteiger charge is 2.26. The van der Waals surface area contributed by atoms with Crippen LogP contribution in [-0.2, 0) is 0 Å². The zero-order chi connectivity index (χ0) is 11.3. The fraction of sp³-hybridized carbons (Fsp3) is 0.846. The van der Waals surface area contributed by atoms with Gasteiger partial charge in [-0.05, 0) is 38.0 Å². The van der Waals surface area contributed by atoms with Gasteiger partial charge in [0.1, 0.15) is 0 Å². The van der Waals surface area contributed by atoms with E-state index in [9.17, 15) is 0 Å². The van der Waals surface area contributed by atoms with Crippen LogP contribution in [0.2, 0.25) is 0 Å². The molecule has 88 valence electrons. The Kier molecular flexibility index (Phi) is 5.34. The summed E-state index contributed by atoms with van der Waals surface area (Å²) in [5.74, 6) is 7.35. The summed E-state index contributed by atoms with van der Waals surface area (Å²) in [5.41, 5.74) is 4.21. The smallest absolute Gasteiger partial charge is 0.0275 e. The van der Waals surface area contributed by atoms with Crippen LogP contribution in [0.4, 0.5) is 0 Å². The summed E-state index contributed by atoms with van der Waals surface area (Å²) in [6.45, 7) is 8.36. The molecule has 1 aliphatic carbocycles. The van der Waals surface area contributed by atoms with E-state index in [1.165, 1.54) is 37.7 Å². The first kappa shape index (κ1) is 12.7. The van der Waals surface area contributed by atoms with Crippen LogP contribution in [0.5, 0.6) is 0 Å². The van der Waals surface area contributed by atoms with E-state index >= 15 is 0 Å². The van der Waals surface area contributed by atoms with E-state index in [1.807, 2.05) is 0 Å². The summed E-state index contributed by atoms with van der Waals surface area (Å²) in [6, 6.07) is 0.445. The Labute approximate surface area is 94.3 Å². The lowest BCUT2D eigenvalue weighted by Gasteiger charge is -2.33. The monoisotopic (exact) mass is 210 g/mol. The highest BCUT2D eigenvalue weighted by molar-refractivity contribution is 4.95. The van der Waals surface area contributed by atoms with Gasteiger partial charge in [-0.3, -0.25) is 11.3 Å². The van der Waals surface area contributed by atoms with Crippen molar-refractivity contribution >= 4 is 0 Å². The normalized spacial score (nSPS) is 28.7. The largest absolute Gasteiger partial charge is 0.271 e. The first-order chi connectivity index (χ1) is 7.17. The number of nitrogens with two attached hydrogens (primary N) is 1. The topological polar surface area (TPSA) is 38.0 Å². The number of hydrogen-bond donors (Lipinski definition) is 2. The van der Waals surface area contributed by atoms with Crippen molar-refractivity contribution in [2.24, 2.45) is 17.7 Å². The second-order valence-electron chi connectivity index (χ2n) is 5.12. The Hall–Kier alpha value is -0.340. The van der Waals surface area contributed by atoms with E-state index in [0.717, 1.165) is 18.3 Å². The van der Waals surface area contributed by atoms with Gasteiger partial charge >= 0.3 is 0 Å². The van der Waals surface area contributed by atoms with Gasteiger partial charge in [0, 0.05) is 6.04 Å². The van der Waals surface area contributed by atoms with Crippen molar-refractivity contribution in [3.8, 4) is 0 Å². The summed E-state index contributed by atoms with van der Waals surface area (Å²) in [7, 11) is 0. The Morgan fingerprint density at radius 3 is 2.40 bits per heavy atom. The first-order valence-corrected chi connectivity index (χ1v) is 6.27. The molecule has 0 aromatic carbocycles. The van der Waals surface area contributed by atoms with Crippen LogP contribution in [0.25, 0.3) is 0 Å². The van der Waals surface area contributed by atoms with E-state index in [2.05, 4.69) is 25.9 Å². The Balaban J connectivity index is 2.39. The average Bonchev–Trinajstić information content (AvgIpc) is 2.26. The molecule has 0 saturated heterocycles. The van der Waals surface area contributed by atoms with Crippen molar-refractivity contribution in [1.82, 2.24) is 5.43 Å². The van der Waals surface area contributed by atoms with Crippen molar-refractivity contribution in [3.05, 3.63) is 12.2 Å². The molecule has 15 heavy (non-hydrogen) atoms. The molecule has 0 heterocycles. The number of hydrazine groups is 1. The SMILES string of the molecule is C=C(C)CC(NN)C1CCC(CC)CC1. The van der Waals surface area contributed by atoms with Crippen LogP contribution in [0.1, 0.15) is 52.4 Å². The molecule has 1 rings (SSSR count). The minimum atomic E-state index is 0.445. The molecule has 0 bridgehead atoms. The molecule has 0 aromatic rings. The highest BCUT2D eigenvalue weighted by atomic mass is 15.2. The quantitative estimate of drug-likeness (QED) is 0.416. The molecule has 0 radical (unpaired) electrons. The summed E-state index contributed by atoms with van der Waals surface area (Å²) in [6.07, 6.45) is 7.80. The molecular formula is C13H26N2. The van der Waals surface area contributed by atoms with Crippen LogP contribution in [-0.4, -0.2) is 6.04 Å². The lowest BCUT2D eigenvalue weighted by molar-refractivity contribution is 0.217. The number of nitrogens with one attached hydrogen (secondary N) is 1. The van der Waals surface area contributed by atoms with Gasteiger partial charge in [-0.2, -0.15) is 0 Å². The Morgan fingerprint density at radius 2 is 2.00 bits per heavy atom. The van der Waals surface area contributed by atoms with Crippen LogP contribution >= 0.6 is 0 Å². The summed E-state index contributed by atoms with van der Waals surface area (Å²) in [4.78, 5) is 0. The maximum atomic E-state index is 5.63. The minimum Gasteiger partial charge on any atom is -0.271 e. The molecule has 2 nitrogen and oxygen atoms in total. The van der Waals surface area contributed by atoms with Crippen LogP contribution in [0.15, 0.2) is 12.2 Å². The van der Waals surface area contributed by atoms with Gasteiger partial charge in [0.2, 0.25) is 0 Å². The molecule has 0 aromatic heterocycles. The van der Waals surface area contributed by atoms with E-state index in [-0.39, 0.29) is 0 Å². The molecule has 3 N–H and O–H groups in total. The molecule has 0 aliphatic heterocycles. The molecule has 1 fully saturated rings. The van der Waals surface area contributed by atoms with Gasteiger partial charge in [-0.1, -0.05) is 31.8 Å². The minimum absolute atomic E-state index is 0.445. The van der Waals surface area contributed by atoms with E-state index in [1.54, 1.807) is 0 Å². The first-order valence-electron chi connectivity index (χ1n) is 6.27. The third-order valence-electron chi connectivity index (χ3n) is 3.82. The van der Waals surface area contributed by atoms with Crippen molar-refractivity contribution in [3.63, 3.8) is 0 Å². The number of rotatable bonds is 5. The molecule has 1 unspecified atom stereocenters. The van der Waals surface area contributed by atoms with Crippen LogP contribution < -0.4 is 11.3 Å². The lowest BCUT2D eigenvalue weighted by Crippen LogP contribution is -2.42. The van der Waals surface area contributed by atoms with Crippen molar-refractivity contribution in [2.75, 3.05) is 0 Å². The maximum Gasteiger partial charge on any atom is 0.0275 e. The molecule has 1 saturated carbocycles. The van der Waals surface area contributed by atoms with Gasteiger partial charge in [0.05, 0.1) is 0 Å². The molecule has 2 heteroatoms. The lowest BCUT2D eigenvalue weighted by atomic mass is 9.76. The van der Waals surface area contributed by atoms with Crippen molar-refractivity contribution in [1.29, 1.82) is 0 Å². The molecule has 0 amide bonds. The maximum absolute atomic E-state index is 5.63. The zero-order valence-electron chi connectivity index (χ0n) is 10.3. The summed E-state index contributed by atoms with van der Waals surface area (Å²) < 4.78 is 0. The van der Waals surface area contributed by atoms with E-state index in [0.29, 0.717) is 6.04 Å². The van der Waals surface area contributed by atoms with Gasteiger partial charge in [0.25, 0.3) is 0 Å². The molecular weight excluding hydrogens is 184 g/mol. The van der Waals surface area contributed by atoms with Crippen molar-refractivity contribution < 1.29 is 0 Å². The highest BCUT2D eigenvalue weighted by Crippen LogP contribution is 2.33. The third kappa shape index (κ3) is 3.96. The number of hydrogen-bond acceptors (Lipinski definition) is 2. The fourth-order valence-electron chi connectivity index (χ4n) is 2.74. The second kappa shape index (κ2) is 6.29. The Bertz CT molecular complexity index is 193. The van der Waals surface area contributed by atoms with Gasteiger partial charge in [-0.15, -0.1) is 6.58 Å². The predicted molar refractivity (Wildman–Crippen MR) is 66.3 cm³/mol. The average molecular weight is 210 g/mol. The zero-order valence-corrected chi connectivity index (χ0v) is 10.3. The third-order valence-corrected chi connectivity index (χ3v) is 3.82. The van der Waals surface area contributed by atoms with Gasteiger partial charge < -0.3 is 0 Å². The fourth-order valence-corrected chi connectivity index (χ4v) is 2.74. The molecule has 1 aliphatic rings. The van der Waals surface area contributed by atoms with E-state index < -0.39 is 0 Å². The molecule has 1 atom stereocenters. The van der Waals surface area contributed by atoms with Gasteiger partial charge in [-0.25, -0.2) is 0 Å².